The van der Waals surface area contributed by atoms with Crippen molar-refractivity contribution in [3.8, 4) is 0 Å². The van der Waals surface area contributed by atoms with Crippen LogP contribution in [0.5, 0.6) is 0 Å². The first kappa shape index (κ1) is 25.6. The van der Waals surface area contributed by atoms with Crippen LogP contribution in [0, 0.1) is 28.6 Å². The zero-order valence-electron chi connectivity index (χ0n) is 21.1. The molecule has 6 N–H and O–H groups in total. The van der Waals surface area contributed by atoms with Gasteiger partial charge in [0.05, 0.1) is 35.1 Å². The van der Waals surface area contributed by atoms with Gasteiger partial charge in [0.15, 0.2) is 0 Å². The molecule has 0 amide bonds. The van der Waals surface area contributed by atoms with Crippen LogP contribution in [0.15, 0.2) is 11.6 Å². The number of rotatable bonds is 5. The first-order valence-electron chi connectivity index (χ1n) is 13.0. The summed E-state index contributed by atoms with van der Waals surface area (Å²) in [6.45, 7) is 9.40. The Labute approximate surface area is 198 Å². The molecule has 3 fully saturated rings. The largest absolute Gasteiger partial charge is 0.390 e. The summed E-state index contributed by atoms with van der Waals surface area (Å²) in [6, 6.07) is 0. The maximum absolute atomic E-state index is 12.2. The highest BCUT2D eigenvalue weighted by atomic mass is 16.3. The molecule has 10 unspecified atom stereocenters. The summed E-state index contributed by atoms with van der Waals surface area (Å²) >= 11 is 0. The van der Waals surface area contributed by atoms with E-state index in [1.165, 1.54) is 0 Å². The van der Waals surface area contributed by atoms with E-state index in [9.17, 15) is 30.6 Å². The molecule has 4 aliphatic rings. The third-order valence-corrected chi connectivity index (χ3v) is 10.7. The second kappa shape index (κ2) is 8.01. The van der Waals surface area contributed by atoms with E-state index in [0.29, 0.717) is 44.4 Å². The van der Waals surface area contributed by atoms with E-state index in [4.69, 9.17) is 0 Å². The Kier molecular flexibility index (Phi) is 6.21. The van der Waals surface area contributed by atoms with Gasteiger partial charge in [-0.25, -0.2) is 0 Å². The maximum atomic E-state index is 12.2. The van der Waals surface area contributed by atoms with Crippen LogP contribution < -0.4 is 0 Å². The normalized spacial score (nSPS) is 48.2. The third-order valence-electron chi connectivity index (χ3n) is 10.7. The van der Waals surface area contributed by atoms with Crippen molar-refractivity contribution < 1.29 is 30.6 Å². The van der Waals surface area contributed by atoms with Gasteiger partial charge < -0.3 is 30.6 Å². The van der Waals surface area contributed by atoms with E-state index in [1.54, 1.807) is 20.8 Å². The Morgan fingerprint density at radius 2 is 1.73 bits per heavy atom. The minimum absolute atomic E-state index is 0.153. The molecule has 0 saturated heterocycles. The SMILES string of the molecule is CC(C)(O)CCC(O)C(C)(O)C1CCC2(O)C3=CCC4CC(O)C(O)CC4(C)C3CCC12C. The third kappa shape index (κ3) is 3.84. The smallest absolute Gasteiger partial charge is 0.0916 e. The van der Waals surface area contributed by atoms with Crippen LogP contribution in [0.3, 0.4) is 0 Å². The number of hydrogen-bond acceptors (Lipinski definition) is 6. The first-order valence-corrected chi connectivity index (χ1v) is 13.0. The molecular formula is C27H46O6. The van der Waals surface area contributed by atoms with Crippen LogP contribution in [-0.4, -0.2) is 65.8 Å². The minimum atomic E-state index is -1.37. The molecule has 6 heteroatoms. The molecule has 4 rings (SSSR count). The molecule has 10 atom stereocenters. The van der Waals surface area contributed by atoms with Gasteiger partial charge >= 0.3 is 0 Å². The zero-order chi connectivity index (χ0) is 24.6. The number of aliphatic hydroxyl groups is 6. The summed E-state index contributed by atoms with van der Waals surface area (Å²) in [5.41, 5.74) is -2.99. The van der Waals surface area contributed by atoms with Gasteiger partial charge in [-0.2, -0.15) is 0 Å². The Balaban J connectivity index is 1.62. The Morgan fingerprint density at radius 1 is 1.06 bits per heavy atom. The fraction of sp³-hybridized carbons (Fsp3) is 0.926. The number of fused-ring (bicyclic) bond motifs is 5. The van der Waals surface area contributed by atoms with Gasteiger partial charge in [0.2, 0.25) is 0 Å². The molecular weight excluding hydrogens is 420 g/mol. The molecule has 0 aromatic rings. The highest BCUT2D eigenvalue weighted by molar-refractivity contribution is 5.36. The molecule has 0 aromatic carbocycles. The molecule has 0 heterocycles. The predicted molar refractivity (Wildman–Crippen MR) is 126 cm³/mol. The van der Waals surface area contributed by atoms with Crippen LogP contribution in [0.2, 0.25) is 0 Å². The lowest BCUT2D eigenvalue weighted by Crippen LogP contribution is -2.61. The monoisotopic (exact) mass is 466 g/mol. The summed E-state index contributed by atoms with van der Waals surface area (Å²) in [6.07, 6.45) is 5.22. The fourth-order valence-electron chi connectivity index (χ4n) is 8.47. The van der Waals surface area contributed by atoms with Crippen LogP contribution in [0.1, 0.15) is 92.4 Å². The van der Waals surface area contributed by atoms with Gasteiger partial charge in [0.25, 0.3) is 0 Å². The molecule has 0 spiro atoms. The maximum Gasteiger partial charge on any atom is 0.0916 e. The van der Waals surface area contributed by atoms with Crippen molar-refractivity contribution in [3.63, 3.8) is 0 Å². The lowest BCUT2D eigenvalue weighted by molar-refractivity contribution is -0.175. The van der Waals surface area contributed by atoms with E-state index in [-0.39, 0.29) is 17.3 Å². The molecule has 0 aliphatic heterocycles. The average molecular weight is 467 g/mol. The van der Waals surface area contributed by atoms with Crippen molar-refractivity contribution in [1.82, 2.24) is 0 Å². The van der Waals surface area contributed by atoms with Crippen molar-refractivity contribution in [2.75, 3.05) is 0 Å². The molecule has 4 aliphatic carbocycles. The Hall–Kier alpha value is -0.500. The number of aliphatic hydroxyl groups excluding tert-OH is 3. The predicted octanol–water partition coefficient (Wildman–Crippen LogP) is 2.68. The topological polar surface area (TPSA) is 121 Å². The van der Waals surface area contributed by atoms with E-state index in [1.807, 2.05) is 0 Å². The van der Waals surface area contributed by atoms with Crippen molar-refractivity contribution >= 4 is 0 Å². The van der Waals surface area contributed by atoms with Crippen molar-refractivity contribution in [1.29, 1.82) is 0 Å². The van der Waals surface area contributed by atoms with Crippen LogP contribution >= 0.6 is 0 Å². The van der Waals surface area contributed by atoms with Gasteiger partial charge in [-0.1, -0.05) is 19.9 Å². The molecule has 6 nitrogen and oxygen atoms in total. The minimum Gasteiger partial charge on any atom is -0.390 e. The lowest BCUT2D eigenvalue weighted by atomic mass is 9.46. The molecule has 3 saturated carbocycles. The quantitative estimate of drug-likeness (QED) is 0.347. The van der Waals surface area contributed by atoms with Gasteiger partial charge in [-0.05, 0) is 107 Å². The lowest BCUT2D eigenvalue weighted by Gasteiger charge is -2.61. The fourth-order valence-corrected chi connectivity index (χ4v) is 8.47. The Morgan fingerprint density at radius 3 is 2.36 bits per heavy atom. The molecule has 190 valence electrons. The van der Waals surface area contributed by atoms with Crippen LogP contribution in [0.25, 0.3) is 0 Å². The van der Waals surface area contributed by atoms with Crippen LogP contribution in [0.4, 0.5) is 0 Å². The summed E-state index contributed by atoms with van der Waals surface area (Å²) in [4.78, 5) is 0. The van der Waals surface area contributed by atoms with Gasteiger partial charge in [0, 0.05) is 5.41 Å². The van der Waals surface area contributed by atoms with Gasteiger partial charge in [-0.15, -0.1) is 0 Å². The molecule has 0 radical (unpaired) electrons. The highest BCUT2D eigenvalue weighted by Crippen LogP contribution is 2.69. The van der Waals surface area contributed by atoms with Crippen molar-refractivity contribution in [3.05, 3.63) is 11.6 Å². The zero-order valence-corrected chi connectivity index (χ0v) is 21.1. The van der Waals surface area contributed by atoms with E-state index < -0.39 is 40.5 Å². The van der Waals surface area contributed by atoms with E-state index >= 15 is 0 Å². The summed E-state index contributed by atoms with van der Waals surface area (Å²) in [5.74, 6) is 0.180. The van der Waals surface area contributed by atoms with Crippen molar-refractivity contribution in [2.45, 2.75) is 128 Å². The van der Waals surface area contributed by atoms with Crippen LogP contribution in [-0.2, 0) is 0 Å². The van der Waals surface area contributed by atoms with Crippen molar-refractivity contribution in [2.24, 2.45) is 28.6 Å². The Bertz CT molecular complexity index is 786. The molecule has 0 bridgehead atoms. The number of allylic oxidation sites excluding steroid dienone is 1. The average Bonchev–Trinajstić information content (AvgIpc) is 2.98. The second-order valence-corrected chi connectivity index (χ2v) is 13.2. The number of hydrogen-bond donors (Lipinski definition) is 6. The van der Waals surface area contributed by atoms with E-state index in [2.05, 4.69) is 19.9 Å². The van der Waals surface area contributed by atoms with Gasteiger partial charge in [-0.3, -0.25) is 0 Å². The van der Waals surface area contributed by atoms with Gasteiger partial charge in [0.1, 0.15) is 0 Å². The standard InChI is InChI=1S/C27H46O6/c1-23(2,31)11-10-22(30)26(5,32)21-9-13-27(33)18-7-6-16-14-19(28)20(29)15-24(16,3)17(18)8-12-25(21,27)4/h7,16-17,19-22,28-33H,6,8-15H2,1-5H3. The summed E-state index contributed by atoms with van der Waals surface area (Å²) in [7, 11) is 0. The van der Waals surface area contributed by atoms with E-state index in [0.717, 1.165) is 24.8 Å². The first-order chi connectivity index (χ1) is 15.1. The molecule has 33 heavy (non-hydrogen) atoms. The highest BCUT2D eigenvalue weighted by Gasteiger charge is 2.68. The molecule has 0 aromatic heterocycles. The summed E-state index contributed by atoms with van der Waals surface area (Å²) in [5, 5.41) is 65.6. The second-order valence-electron chi connectivity index (χ2n) is 13.2. The summed E-state index contributed by atoms with van der Waals surface area (Å²) < 4.78 is 0.